The van der Waals surface area contributed by atoms with E-state index in [2.05, 4.69) is 33.5 Å². The molecule has 6 rings (SSSR count). The minimum atomic E-state index is -0.830. The van der Waals surface area contributed by atoms with E-state index in [0.717, 1.165) is 57.1 Å². The number of carbonyl (C=O) groups is 2. The maximum atomic E-state index is 13.1. The molecule has 0 unspecified atom stereocenters. The molecule has 0 saturated heterocycles. The second-order valence-electron chi connectivity index (χ2n) is 12.8. The molecule has 6 aromatic rings. The normalized spacial score (nSPS) is 10.6. The average Bonchev–Trinajstić information content (AvgIpc) is 3.31. The molecule has 0 saturated carbocycles. The van der Waals surface area contributed by atoms with Gasteiger partial charge in [0.2, 0.25) is 0 Å². The molecule has 0 N–H and O–H groups in total. The Bertz CT molecular complexity index is 2280. The van der Waals surface area contributed by atoms with Crippen LogP contribution in [0.5, 0.6) is 23.0 Å². The van der Waals surface area contributed by atoms with E-state index in [1.165, 1.54) is 14.2 Å². The van der Waals surface area contributed by atoms with E-state index in [0.29, 0.717) is 11.1 Å². The highest BCUT2D eigenvalue weighted by molar-refractivity contribution is 6.06. The highest BCUT2D eigenvalue weighted by Gasteiger charge is 2.21. The molecular weight excluding hydrogens is 757 g/mol. The first-order valence-electron chi connectivity index (χ1n) is 18.6. The van der Waals surface area contributed by atoms with Crippen molar-refractivity contribution in [3.05, 3.63) is 168 Å². The van der Waals surface area contributed by atoms with Crippen molar-refractivity contribution in [3.8, 4) is 46.7 Å². The minimum absolute atomic E-state index is 0.235. The highest BCUT2D eigenvalue weighted by atomic mass is 16.5. The van der Waals surface area contributed by atoms with Gasteiger partial charge < -0.3 is 38.2 Å². The molecular formula is C50H42N2O8. The number of methoxy groups -OCH3 is 6. The summed E-state index contributed by atoms with van der Waals surface area (Å²) in [4.78, 5) is 30.4. The zero-order chi connectivity index (χ0) is 42.4. The summed E-state index contributed by atoms with van der Waals surface area (Å²) in [5.74, 6) is 13.0. The average molecular weight is 799 g/mol. The van der Waals surface area contributed by atoms with Crippen molar-refractivity contribution in [2.24, 2.45) is 0 Å². The zero-order valence-electron chi connectivity index (χ0n) is 34.0. The Labute approximate surface area is 350 Å². The van der Waals surface area contributed by atoms with Gasteiger partial charge >= 0.3 is 11.9 Å². The van der Waals surface area contributed by atoms with Gasteiger partial charge in [-0.15, -0.1) is 0 Å². The van der Waals surface area contributed by atoms with Crippen LogP contribution in [-0.2, 0) is 19.1 Å². The van der Waals surface area contributed by atoms with Gasteiger partial charge in [-0.1, -0.05) is 23.7 Å². The molecule has 0 spiro atoms. The number of hydrogen-bond acceptors (Lipinski definition) is 10. The van der Waals surface area contributed by atoms with Crippen molar-refractivity contribution >= 4 is 46.1 Å². The molecule has 300 valence electrons. The van der Waals surface area contributed by atoms with Crippen LogP contribution in [0.4, 0.5) is 34.1 Å². The fourth-order valence-corrected chi connectivity index (χ4v) is 6.11. The molecule has 0 amide bonds. The van der Waals surface area contributed by atoms with E-state index in [1.807, 2.05) is 146 Å². The third-order valence-corrected chi connectivity index (χ3v) is 9.27. The Morgan fingerprint density at radius 2 is 0.567 bits per heavy atom. The predicted octanol–water partition coefficient (Wildman–Crippen LogP) is 9.71. The first kappa shape index (κ1) is 41.6. The summed E-state index contributed by atoms with van der Waals surface area (Å²) in [5, 5.41) is 0. The quantitative estimate of drug-likeness (QED) is 0.0677. The number of carbonyl (C=O) groups excluding carboxylic acids is 2. The molecule has 0 aromatic heterocycles. The number of rotatable bonds is 12. The molecule has 10 nitrogen and oxygen atoms in total. The number of anilines is 6. The lowest BCUT2D eigenvalue weighted by atomic mass is 10.1. The van der Waals surface area contributed by atoms with Crippen LogP contribution in [0.25, 0.3) is 0 Å². The summed E-state index contributed by atoms with van der Waals surface area (Å²) >= 11 is 0. The lowest BCUT2D eigenvalue weighted by molar-refractivity contribution is -0.138. The third kappa shape index (κ3) is 9.89. The Balaban J connectivity index is 1.32. The van der Waals surface area contributed by atoms with Gasteiger partial charge in [-0.25, -0.2) is 9.59 Å². The second kappa shape index (κ2) is 19.9. The van der Waals surface area contributed by atoms with Crippen molar-refractivity contribution in [2.75, 3.05) is 52.5 Å². The molecule has 0 bridgehead atoms. The van der Waals surface area contributed by atoms with Crippen molar-refractivity contribution in [2.45, 2.75) is 0 Å². The topological polar surface area (TPSA) is 96.0 Å². The molecule has 0 aliphatic carbocycles. The summed E-state index contributed by atoms with van der Waals surface area (Å²) in [5.41, 5.74) is 5.99. The van der Waals surface area contributed by atoms with E-state index in [1.54, 1.807) is 28.4 Å². The van der Waals surface area contributed by atoms with Crippen LogP contribution in [0.15, 0.2) is 157 Å². The molecule has 0 aliphatic rings. The number of hydrogen-bond donors (Lipinski definition) is 0. The fourth-order valence-electron chi connectivity index (χ4n) is 6.11. The smallest absolute Gasteiger partial charge is 0.348 e. The molecule has 10 heteroatoms. The summed E-state index contributed by atoms with van der Waals surface area (Å²) in [6.45, 7) is 0. The molecule has 0 fully saturated rings. The van der Waals surface area contributed by atoms with Crippen LogP contribution in [0.3, 0.4) is 0 Å². The standard InChI is InChI=1S/C50H42N2O8/c1-55-43-25-17-39(18-26-43)51(40-19-27-44(56-2)28-20-40)37-13-7-35(8-14-37)11-33-47(49(53)59-5)48(50(54)60-6)34-12-36-9-15-38(16-10-36)52(41-21-29-45(57-3)30-22-41)42-23-31-46(58-4)32-24-42/h7-10,13-32H,1-6H3. The lowest BCUT2D eigenvalue weighted by Crippen LogP contribution is -2.13. The number of ether oxygens (including phenoxy) is 6. The van der Waals surface area contributed by atoms with E-state index < -0.39 is 11.9 Å². The van der Waals surface area contributed by atoms with E-state index in [4.69, 9.17) is 28.4 Å². The van der Waals surface area contributed by atoms with Crippen molar-refractivity contribution in [1.82, 2.24) is 0 Å². The van der Waals surface area contributed by atoms with Crippen LogP contribution < -0.4 is 28.7 Å². The molecule has 0 radical (unpaired) electrons. The van der Waals surface area contributed by atoms with E-state index >= 15 is 0 Å². The first-order chi connectivity index (χ1) is 29.3. The van der Waals surface area contributed by atoms with Crippen LogP contribution in [0.1, 0.15) is 11.1 Å². The maximum absolute atomic E-state index is 13.1. The van der Waals surface area contributed by atoms with Crippen LogP contribution in [-0.4, -0.2) is 54.6 Å². The van der Waals surface area contributed by atoms with Crippen molar-refractivity contribution in [1.29, 1.82) is 0 Å². The van der Waals surface area contributed by atoms with Gasteiger partial charge in [0.25, 0.3) is 0 Å². The van der Waals surface area contributed by atoms with Gasteiger partial charge in [-0.2, -0.15) is 0 Å². The van der Waals surface area contributed by atoms with Crippen LogP contribution in [0.2, 0.25) is 0 Å². The Kier molecular flexibility index (Phi) is 13.8. The number of benzene rings is 6. The van der Waals surface area contributed by atoms with Gasteiger partial charge in [-0.05, 0) is 146 Å². The first-order valence-corrected chi connectivity index (χ1v) is 18.6. The number of nitrogens with zero attached hydrogens (tertiary/aromatic N) is 2. The largest absolute Gasteiger partial charge is 0.497 e. The zero-order valence-corrected chi connectivity index (χ0v) is 34.0. The SMILES string of the molecule is COC(=O)C(C#Cc1ccc(N(c2ccc(OC)cc2)c2ccc(OC)cc2)cc1)=C(C#Cc1ccc(N(c2ccc(OC)cc2)c2ccc(OC)cc2)cc1)C(=O)OC. The Hall–Kier alpha value is -8.08. The molecule has 60 heavy (non-hydrogen) atoms. The van der Waals surface area contributed by atoms with Gasteiger partial charge in [-0.3, -0.25) is 0 Å². The minimum Gasteiger partial charge on any atom is -0.497 e. The van der Waals surface area contributed by atoms with Crippen LogP contribution >= 0.6 is 0 Å². The molecule has 6 aromatic carbocycles. The number of esters is 2. The monoisotopic (exact) mass is 798 g/mol. The Morgan fingerprint density at radius 3 is 0.767 bits per heavy atom. The summed E-state index contributed by atoms with van der Waals surface area (Å²) in [6.07, 6.45) is 0. The Morgan fingerprint density at radius 1 is 0.350 bits per heavy atom. The van der Waals surface area contributed by atoms with Gasteiger partial charge in [0.05, 0.1) is 42.7 Å². The maximum Gasteiger partial charge on any atom is 0.348 e. The summed E-state index contributed by atoms with van der Waals surface area (Å²) in [6, 6.07) is 45.8. The van der Waals surface area contributed by atoms with Crippen LogP contribution in [0, 0.1) is 23.7 Å². The second-order valence-corrected chi connectivity index (χ2v) is 12.8. The highest BCUT2D eigenvalue weighted by Crippen LogP contribution is 2.37. The molecule has 0 heterocycles. The summed E-state index contributed by atoms with van der Waals surface area (Å²) < 4.78 is 31.6. The summed E-state index contributed by atoms with van der Waals surface area (Å²) in [7, 11) is 8.92. The third-order valence-electron chi connectivity index (χ3n) is 9.27. The van der Waals surface area contributed by atoms with Gasteiger partial charge in [0.15, 0.2) is 0 Å². The predicted molar refractivity (Wildman–Crippen MR) is 233 cm³/mol. The fraction of sp³-hybridized carbons (Fsp3) is 0.120. The van der Waals surface area contributed by atoms with Gasteiger partial charge in [0, 0.05) is 45.3 Å². The van der Waals surface area contributed by atoms with Crippen molar-refractivity contribution < 1.29 is 38.0 Å². The van der Waals surface area contributed by atoms with Crippen molar-refractivity contribution in [3.63, 3.8) is 0 Å². The van der Waals surface area contributed by atoms with E-state index in [-0.39, 0.29) is 11.1 Å². The molecule has 0 aliphatic heterocycles. The van der Waals surface area contributed by atoms with E-state index in [9.17, 15) is 9.59 Å². The molecule has 0 atom stereocenters. The van der Waals surface area contributed by atoms with Gasteiger partial charge in [0.1, 0.15) is 34.1 Å². The lowest BCUT2D eigenvalue weighted by Gasteiger charge is -2.25.